The van der Waals surface area contributed by atoms with Gasteiger partial charge in [0.1, 0.15) is 5.56 Å². The third-order valence-electron chi connectivity index (χ3n) is 5.06. The first-order valence-corrected chi connectivity index (χ1v) is 9.04. The molecule has 0 radical (unpaired) electrons. The Morgan fingerprint density at radius 3 is 2.46 bits per heavy atom. The van der Waals surface area contributed by atoms with Crippen molar-refractivity contribution >= 4 is 11.6 Å². The summed E-state index contributed by atoms with van der Waals surface area (Å²) >= 11 is 0. The molecule has 0 aliphatic carbocycles. The van der Waals surface area contributed by atoms with Crippen LogP contribution < -0.4 is 5.56 Å². The number of carbonyl (C=O) groups excluding carboxylic acids is 1. The first-order chi connectivity index (χ1) is 12.6. The van der Waals surface area contributed by atoms with Crippen molar-refractivity contribution in [3.8, 4) is 11.1 Å². The van der Waals surface area contributed by atoms with Crippen LogP contribution in [0.2, 0.25) is 0 Å². The molecule has 134 valence electrons. The van der Waals surface area contributed by atoms with Crippen molar-refractivity contribution in [2.24, 2.45) is 0 Å². The van der Waals surface area contributed by atoms with E-state index in [1.807, 2.05) is 37.3 Å². The van der Waals surface area contributed by atoms with Gasteiger partial charge in [-0.25, -0.2) is 9.50 Å². The Labute approximate surface area is 151 Å². The average Bonchev–Trinajstić information content (AvgIpc) is 2.99. The SMILES string of the molecule is Cc1nc2c(-c3ccccc3)c(C)[nH]n2c(=O)c1C(=O)N1CCCCC1. The van der Waals surface area contributed by atoms with Crippen molar-refractivity contribution in [3.05, 3.63) is 57.6 Å². The quantitative estimate of drug-likeness (QED) is 0.772. The van der Waals surface area contributed by atoms with Gasteiger partial charge in [0.25, 0.3) is 11.5 Å². The van der Waals surface area contributed by atoms with Crippen LogP contribution in [0.15, 0.2) is 35.1 Å². The number of amides is 1. The fraction of sp³-hybridized carbons (Fsp3) is 0.350. The summed E-state index contributed by atoms with van der Waals surface area (Å²) in [6.45, 7) is 5.08. The van der Waals surface area contributed by atoms with E-state index in [4.69, 9.17) is 0 Å². The van der Waals surface area contributed by atoms with Gasteiger partial charge in [0.15, 0.2) is 5.65 Å². The van der Waals surface area contributed by atoms with E-state index in [-0.39, 0.29) is 17.0 Å². The maximum absolute atomic E-state index is 13.1. The van der Waals surface area contributed by atoms with Crippen LogP contribution in [0.5, 0.6) is 0 Å². The van der Waals surface area contributed by atoms with Crippen LogP contribution in [0.3, 0.4) is 0 Å². The molecule has 1 amide bonds. The summed E-state index contributed by atoms with van der Waals surface area (Å²) in [7, 11) is 0. The second kappa shape index (κ2) is 6.44. The number of likely N-dealkylation sites (tertiary alicyclic amines) is 1. The zero-order valence-electron chi connectivity index (χ0n) is 15.1. The van der Waals surface area contributed by atoms with Gasteiger partial charge in [-0.1, -0.05) is 30.3 Å². The van der Waals surface area contributed by atoms with Crippen molar-refractivity contribution in [1.82, 2.24) is 19.5 Å². The van der Waals surface area contributed by atoms with Gasteiger partial charge in [0.2, 0.25) is 0 Å². The lowest BCUT2D eigenvalue weighted by Crippen LogP contribution is -2.40. The molecule has 6 nitrogen and oxygen atoms in total. The maximum Gasteiger partial charge on any atom is 0.285 e. The molecule has 0 spiro atoms. The number of benzene rings is 1. The summed E-state index contributed by atoms with van der Waals surface area (Å²) in [4.78, 5) is 32.4. The third kappa shape index (κ3) is 2.62. The van der Waals surface area contributed by atoms with Gasteiger partial charge in [-0.05, 0) is 38.7 Å². The van der Waals surface area contributed by atoms with Crippen molar-refractivity contribution in [2.75, 3.05) is 13.1 Å². The Morgan fingerprint density at radius 1 is 1.08 bits per heavy atom. The van der Waals surface area contributed by atoms with Gasteiger partial charge in [0, 0.05) is 24.3 Å². The molecule has 1 saturated heterocycles. The van der Waals surface area contributed by atoms with Crippen LogP contribution in [-0.4, -0.2) is 38.5 Å². The summed E-state index contributed by atoms with van der Waals surface area (Å²) < 4.78 is 1.40. The highest BCUT2D eigenvalue weighted by molar-refractivity contribution is 5.95. The van der Waals surface area contributed by atoms with Gasteiger partial charge in [-0.3, -0.25) is 14.7 Å². The van der Waals surface area contributed by atoms with E-state index >= 15 is 0 Å². The fourth-order valence-electron chi connectivity index (χ4n) is 3.74. The summed E-state index contributed by atoms with van der Waals surface area (Å²) in [6, 6.07) is 9.85. The third-order valence-corrected chi connectivity index (χ3v) is 5.06. The molecule has 2 aromatic heterocycles. The number of hydrogen-bond donors (Lipinski definition) is 1. The summed E-state index contributed by atoms with van der Waals surface area (Å²) in [5.74, 6) is -0.206. The van der Waals surface area contributed by atoms with Crippen LogP contribution in [0.1, 0.15) is 41.0 Å². The minimum atomic E-state index is -0.326. The number of H-pyrrole nitrogens is 1. The minimum Gasteiger partial charge on any atom is -0.338 e. The van der Waals surface area contributed by atoms with Crippen molar-refractivity contribution in [3.63, 3.8) is 0 Å². The summed E-state index contributed by atoms with van der Waals surface area (Å²) in [5, 5.41) is 3.09. The highest BCUT2D eigenvalue weighted by atomic mass is 16.2. The molecular formula is C20H22N4O2. The number of aromatic amines is 1. The van der Waals surface area contributed by atoms with Crippen LogP contribution in [0.4, 0.5) is 0 Å². The zero-order chi connectivity index (χ0) is 18.3. The maximum atomic E-state index is 13.1. The molecule has 3 heterocycles. The number of piperidine rings is 1. The van der Waals surface area contributed by atoms with Crippen molar-refractivity contribution in [2.45, 2.75) is 33.1 Å². The molecule has 0 bridgehead atoms. The number of hydrogen-bond acceptors (Lipinski definition) is 3. The largest absolute Gasteiger partial charge is 0.338 e. The predicted molar refractivity (Wildman–Crippen MR) is 100 cm³/mol. The molecule has 1 aliphatic heterocycles. The normalized spacial score (nSPS) is 14.8. The lowest BCUT2D eigenvalue weighted by Gasteiger charge is -2.26. The Kier molecular flexibility index (Phi) is 4.11. The molecule has 3 aromatic rings. The zero-order valence-corrected chi connectivity index (χ0v) is 15.1. The molecule has 0 saturated carbocycles. The van der Waals surface area contributed by atoms with E-state index in [2.05, 4.69) is 10.1 Å². The monoisotopic (exact) mass is 350 g/mol. The highest BCUT2D eigenvalue weighted by Gasteiger charge is 2.26. The number of rotatable bonds is 2. The van der Waals surface area contributed by atoms with Gasteiger partial charge in [-0.2, -0.15) is 0 Å². The molecule has 1 aliphatic rings. The molecule has 1 N–H and O–H groups in total. The highest BCUT2D eigenvalue weighted by Crippen LogP contribution is 2.26. The lowest BCUT2D eigenvalue weighted by molar-refractivity contribution is 0.0721. The van der Waals surface area contributed by atoms with Crippen LogP contribution in [-0.2, 0) is 0 Å². The first-order valence-electron chi connectivity index (χ1n) is 9.04. The van der Waals surface area contributed by atoms with Gasteiger partial charge >= 0.3 is 0 Å². The van der Waals surface area contributed by atoms with E-state index in [0.29, 0.717) is 24.4 Å². The number of fused-ring (bicyclic) bond motifs is 1. The Hall–Kier alpha value is -2.89. The molecule has 6 heteroatoms. The standard InChI is InChI=1S/C20H22N4O2/c1-13-17(19(25)23-11-7-4-8-12-23)20(26)24-18(21-13)16(14(2)22-24)15-9-5-3-6-10-15/h3,5-6,9-10,22H,4,7-8,11-12H2,1-2H3. The number of nitrogens with one attached hydrogen (secondary N) is 1. The first kappa shape index (κ1) is 16.6. The topological polar surface area (TPSA) is 70.5 Å². The van der Waals surface area contributed by atoms with E-state index in [9.17, 15) is 9.59 Å². The van der Waals surface area contributed by atoms with E-state index in [1.165, 1.54) is 4.52 Å². The van der Waals surface area contributed by atoms with Gasteiger partial charge in [0.05, 0.1) is 5.69 Å². The number of aryl methyl sites for hydroxylation is 2. The van der Waals surface area contributed by atoms with Crippen LogP contribution in [0, 0.1) is 13.8 Å². The average molecular weight is 350 g/mol. The molecule has 4 rings (SSSR count). The van der Waals surface area contributed by atoms with E-state index < -0.39 is 0 Å². The number of nitrogens with zero attached hydrogens (tertiary/aromatic N) is 3. The Bertz CT molecular complexity index is 1030. The Balaban J connectivity index is 1.88. The molecule has 26 heavy (non-hydrogen) atoms. The van der Waals surface area contributed by atoms with Gasteiger partial charge < -0.3 is 4.90 Å². The summed E-state index contributed by atoms with van der Waals surface area (Å²) in [6.07, 6.45) is 3.11. The van der Waals surface area contributed by atoms with Crippen molar-refractivity contribution < 1.29 is 4.79 Å². The predicted octanol–water partition coefficient (Wildman–Crippen LogP) is 2.93. The van der Waals surface area contributed by atoms with Crippen LogP contribution >= 0.6 is 0 Å². The van der Waals surface area contributed by atoms with Gasteiger partial charge in [-0.15, -0.1) is 0 Å². The molecule has 0 unspecified atom stereocenters. The molecule has 1 aromatic carbocycles. The second-order valence-corrected chi connectivity index (χ2v) is 6.87. The van der Waals surface area contributed by atoms with Crippen LogP contribution in [0.25, 0.3) is 16.8 Å². The molecular weight excluding hydrogens is 328 g/mol. The minimum absolute atomic E-state index is 0.172. The lowest BCUT2D eigenvalue weighted by atomic mass is 10.1. The number of carbonyl (C=O) groups is 1. The van der Waals surface area contributed by atoms with Crippen molar-refractivity contribution in [1.29, 1.82) is 0 Å². The fourth-order valence-corrected chi connectivity index (χ4v) is 3.74. The van der Waals surface area contributed by atoms with E-state index in [0.717, 1.165) is 36.1 Å². The number of aromatic nitrogens is 3. The Morgan fingerprint density at radius 2 is 1.77 bits per heavy atom. The molecule has 1 fully saturated rings. The summed E-state index contributed by atoms with van der Waals surface area (Å²) in [5.41, 5.74) is 3.63. The molecule has 0 atom stereocenters. The smallest absolute Gasteiger partial charge is 0.285 e. The second-order valence-electron chi connectivity index (χ2n) is 6.87. The van der Waals surface area contributed by atoms with E-state index in [1.54, 1.807) is 11.8 Å².